The number of aromatic nitrogens is 2. The number of hydrogen-bond donors (Lipinski definition) is 2. The van der Waals surface area contributed by atoms with E-state index in [1.807, 2.05) is 47.8 Å². The van der Waals surface area contributed by atoms with Crippen LogP contribution in [0.4, 0.5) is 4.79 Å². The molecule has 2 N–H and O–H groups in total. The maximum Gasteiger partial charge on any atom is 0.315 e. The first-order chi connectivity index (χ1) is 11.8. The van der Waals surface area contributed by atoms with Gasteiger partial charge >= 0.3 is 6.03 Å². The monoisotopic (exact) mass is 338 g/mol. The number of amides is 2. The maximum atomic E-state index is 11.8. The first-order valence-corrected chi connectivity index (χ1v) is 8.59. The summed E-state index contributed by atoms with van der Waals surface area (Å²) in [5.41, 5.74) is 3.12. The number of benzene rings is 1. The van der Waals surface area contributed by atoms with Crippen molar-refractivity contribution in [2.75, 3.05) is 6.54 Å². The molecule has 0 spiro atoms. The van der Waals surface area contributed by atoms with Gasteiger partial charge in [0.05, 0.1) is 5.69 Å². The van der Waals surface area contributed by atoms with E-state index >= 15 is 0 Å². The van der Waals surface area contributed by atoms with Crippen LogP contribution in [0.3, 0.4) is 0 Å². The van der Waals surface area contributed by atoms with E-state index in [2.05, 4.69) is 20.6 Å². The zero-order valence-electron chi connectivity index (χ0n) is 13.1. The molecule has 0 saturated heterocycles. The Labute approximate surface area is 144 Å². The van der Waals surface area contributed by atoms with Gasteiger partial charge in [-0.25, -0.2) is 9.78 Å². The summed E-state index contributed by atoms with van der Waals surface area (Å²) >= 11 is 1.60. The largest absolute Gasteiger partial charge is 0.338 e. The zero-order valence-corrected chi connectivity index (χ0v) is 13.9. The summed E-state index contributed by atoms with van der Waals surface area (Å²) < 4.78 is 0. The fourth-order valence-corrected chi connectivity index (χ4v) is 3.05. The Hall–Kier alpha value is -2.73. The van der Waals surface area contributed by atoms with Gasteiger partial charge in [0.15, 0.2) is 0 Å². The third-order valence-electron chi connectivity index (χ3n) is 3.44. The predicted octanol–water partition coefficient (Wildman–Crippen LogP) is 3.25. The van der Waals surface area contributed by atoms with Crippen LogP contribution in [0.15, 0.2) is 60.2 Å². The van der Waals surface area contributed by atoms with Crippen LogP contribution in [0, 0.1) is 0 Å². The van der Waals surface area contributed by atoms with Crippen molar-refractivity contribution in [3.8, 4) is 10.6 Å². The Bertz CT molecular complexity index is 774. The van der Waals surface area contributed by atoms with E-state index in [1.54, 1.807) is 23.7 Å². The molecular weight excluding hydrogens is 320 g/mol. The van der Waals surface area contributed by atoms with Gasteiger partial charge < -0.3 is 10.6 Å². The number of thiazole rings is 1. The molecule has 0 atom stereocenters. The van der Waals surface area contributed by atoms with Crippen molar-refractivity contribution in [1.29, 1.82) is 0 Å². The number of carbonyl (C=O) groups excluding carboxylic acids is 1. The number of rotatable bonds is 6. The predicted molar refractivity (Wildman–Crippen MR) is 95.7 cm³/mol. The average Bonchev–Trinajstić information content (AvgIpc) is 3.11. The van der Waals surface area contributed by atoms with Gasteiger partial charge in [0.1, 0.15) is 5.01 Å². The van der Waals surface area contributed by atoms with Gasteiger partial charge in [-0.15, -0.1) is 11.3 Å². The highest BCUT2D eigenvalue weighted by Crippen LogP contribution is 2.22. The summed E-state index contributed by atoms with van der Waals surface area (Å²) in [6, 6.07) is 13.6. The Morgan fingerprint density at radius 1 is 1.04 bits per heavy atom. The summed E-state index contributed by atoms with van der Waals surface area (Å²) in [5.74, 6) is 0. The molecule has 122 valence electrons. The number of carbonyl (C=O) groups is 1. The molecular formula is C18H18N4OS. The van der Waals surface area contributed by atoms with E-state index in [9.17, 15) is 4.79 Å². The van der Waals surface area contributed by atoms with Crippen molar-refractivity contribution in [2.45, 2.75) is 13.0 Å². The van der Waals surface area contributed by atoms with Crippen LogP contribution in [-0.4, -0.2) is 22.5 Å². The number of pyridine rings is 1. The normalized spacial score (nSPS) is 10.3. The quantitative estimate of drug-likeness (QED) is 0.725. The summed E-state index contributed by atoms with van der Waals surface area (Å²) in [5, 5.41) is 8.70. The fourth-order valence-electron chi connectivity index (χ4n) is 2.19. The van der Waals surface area contributed by atoms with Gasteiger partial charge in [-0.2, -0.15) is 0 Å². The Morgan fingerprint density at radius 3 is 2.62 bits per heavy atom. The Balaban J connectivity index is 1.42. The number of nitrogens with one attached hydrogen (secondary N) is 2. The van der Waals surface area contributed by atoms with Crippen LogP contribution in [0.1, 0.15) is 11.3 Å². The molecule has 0 unspecified atom stereocenters. The SMILES string of the molecule is O=C(NCCc1csc(-c2ccncc2)n1)NCc1ccccc1. The van der Waals surface area contributed by atoms with E-state index in [4.69, 9.17) is 0 Å². The molecule has 0 saturated carbocycles. The second-order valence-electron chi connectivity index (χ2n) is 5.22. The van der Waals surface area contributed by atoms with E-state index in [0.29, 0.717) is 19.5 Å². The molecule has 2 aromatic heterocycles. The van der Waals surface area contributed by atoms with Crippen molar-refractivity contribution in [3.63, 3.8) is 0 Å². The molecule has 0 fully saturated rings. The minimum atomic E-state index is -0.163. The molecule has 5 nitrogen and oxygen atoms in total. The smallest absolute Gasteiger partial charge is 0.315 e. The average molecular weight is 338 g/mol. The minimum absolute atomic E-state index is 0.163. The first kappa shape index (κ1) is 16.1. The number of hydrogen-bond acceptors (Lipinski definition) is 4. The van der Waals surface area contributed by atoms with E-state index < -0.39 is 0 Å². The van der Waals surface area contributed by atoms with Crippen LogP contribution in [0.25, 0.3) is 10.6 Å². The second-order valence-corrected chi connectivity index (χ2v) is 6.08. The molecule has 0 aliphatic rings. The van der Waals surface area contributed by atoms with Crippen LogP contribution in [-0.2, 0) is 13.0 Å². The highest BCUT2D eigenvalue weighted by atomic mass is 32.1. The Kier molecular flexibility index (Phi) is 5.52. The molecule has 0 aliphatic heterocycles. The molecule has 6 heteroatoms. The van der Waals surface area contributed by atoms with Crippen LogP contribution in [0.5, 0.6) is 0 Å². The fraction of sp³-hybridized carbons (Fsp3) is 0.167. The van der Waals surface area contributed by atoms with Crippen molar-refractivity contribution in [1.82, 2.24) is 20.6 Å². The first-order valence-electron chi connectivity index (χ1n) is 7.72. The van der Waals surface area contributed by atoms with Crippen molar-refractivity contribution >= 4 is 17.4 Å². The topological polar surface area (TPSA) is 66.9 Å². The summed E-state index contributed by atoms with van der Waals surface area (Å²) in [6.45, 7) is 1.08. The van der Waals surface area contributed by atoms with Gasteiger partial charge in [0.2, 0.25) is 0 Å². The van der Waals surface area contributed by atoms with E-state index in [1.165, 1.54) is 0 Å². The Morgan fingerprint density at radius 2 is 1.83 bits per heavy atom. The highest BCUT2D eigenvalue weighted by Gasteiger charge is 2.05. The van der Waals surface area contributed by atoms with Crippen LogP contribution in [0.2, 0.25) is 0 Å². The lowest BCUT2D eigenvalue weighted by atomic mass is 10.2. The molecule has 0 aliphatic carbocycles. The van der Waals surface area contributed by atoms with Gasteiger partial charge in [0, 0.05) is 42.8 Å². The lowest BCUT2D eigenvalue weighted by molar-refractivity contribution is 0.240. The van der Waals surface area contributed by atoms with Crippen LogP contribution >= 0.6 is 11.3 Å². The maximum absolute atomic E-state index is 11.8. The zero-order chi connectivity index (χ0) is 16.6. The van der Waals surface area contributed by atoms with E-state index in [-0.39, 0.29) is 6.03 Å². The van der Waals surface area contributed by atoms with Crippen molar-refractivity contribution < 1.29 is 4.79 Å². The number of urea groups is 1. The molecule has 24 heavy (non-hydrogen) atoms. The summed E-state index contributed by atoms with van der Waals surface area (Å²) in [6.07, 6.45) is 4.23. The molecule has 2 amide bonds. The molecule has 1 aromatic carbocycles. The van der Waals surface area contributed by atoms with Crippen molar-refractivity contribution in [3.05, 3.63) is 71.5 Å². The number of nitrogens with zero attached hydrogens (tertiary/aromatic N) is 2. The van der Waals surface area contributed by atoms with Gasteiger partial charge in [-0.3, -0.25) is 4.98 Å². The third kappa shape index (κ3) is 4.63. The lowest BCUT2D eigenvalue weighted by Gasteiger charge is -2.06. The minimum Gasteiger partial charge on any atom is -0.338 e. The second kappa shape index (κ2) is 8.21. The van der Waals surface area contributed by atoms with Gasteiger partial charge in [-0.1, -0.05) is 30.3 Å². The molecule has 0 bridgehead atoms. The summed E-state index contributed by atoms with van der Waals surface area (Å²) in [4.78, 5) is 20.4. The molecule has 0 radical (unpaired) electrons. The van der Waals surface area contributed by atoms with Crippen molar-refractivity contribution in [2.24, 2.45) is 0 Å². The molecule has 2 heterocycles. The standard InChI is InChI=1S/C18H18N4OS/c23-18(21-12-14-4-2-1-3-5-14)20-11-8-16-13-24-17(22-16)15-6-9-19-10-7-15/h1-7,9-10,13H,8,11-12H2,(H2,20,21,23). The summed E-state index contributed by atoms with van der Waals surface area (Å²) in [7, 11) is 0. The highest BCUT2D eigenvalue weighted by molar-refractivity contribution is 7.13. The molecule has 3 rings (SSSR count). The van der Waals surface area contributed by atoms with E-state index in [0.717, 1.165) is 21.8 Å². The molecule has 3 aromatic rings. The van der Waals surface area contributed by atoms with Crippen LogP contribution < -0.4 is 10.6 Å². The van der Waals surface area contributed by atoms with Gasteiger partial charge in [0.25, 0.3) is 0 Å². The third-order valence-corrected chi connectivity index (χ3v) is 4.38. The lowest BCUT2D eigenvalue weighted by Crippen LogP contribution is -2.36. The van der Waals surface area contributed by atoms with Gasteiger partial charge in [-0.05, 0) is 17.7 Å².